The summed E-state index contributed by atoms with van der Waals surface area (Å²) in [6.45, 7) is 7.78. The molecule has 0 saturated heterocycles. The largest absolute Gasteiger partial charge is 0.326 e. The normalized spacial score (nSPS) is 10.4. The number of aryl methyl sites for hydroxylation is 3. The smallest absolute Gasteiger partial charge is 0.226 e. The zero-order valence-electron chi connectivity index (χ0n) is 15.0. The van der Waals surface area contributed by atoms with Crippen LogP contribution in [0.3, 0.4) is 0 Å². The van der Waals surface area contributed by atoms with Crippen LogP contribution >= 0.6 is 11.6 Å². The summed E-state index contributed by atoms with van der Waals surface area (Å²) in [5.41, 5.74) is 4.81. The average molecular weight is 359 g/mol. The third-order valence-corrected chi connectivity index (χ3v) is 4.27. The number of halogens is 1. The lowest BCUT2D eigenvalue weighted by molar-refractivity contribution is -0.117. The van der Waals surface area contributed by atoms with Crippen LogP contribution in [0.5, 0.6) is 0 Å². The van der Waals surface area contributed by atoms with Gasteiger partial charge in [0.2, 0.25) is 11.8 Å². The summed E-state index contributed by atoms with van der Waals surface area (Å²) < 4.78 is 0. The molecule has 0 aliphatic carbocycles. The van der Waals surface area contributed by atoms with Gasteiger partial charge in [-0.3, -0.25) is 9.59 Å². The Morgan fingerprint density at radius 3 is 2.12 bits per heavy atom. The molecule has 25 heavy (non-hydrogen) atoms. The number of nitrogens with zero attached hydrogens (tertiary/aromatic N) is 1. The molecule has 0 fully saturated rings. The van der Waals surface area contributed by atoms with Gasteiger partial charge in [-0.05, 0) is 56.2 Å². The molecule has 1 N–H and O–H groups in total. The molecule has 2 aromatic carbocycles. The maximum absolute atomic E-state index is 12.3. The van der Waals surface area contributed by atoms with E-state index in [9.17, 15) is 9.59 Å². The van der Waals surface area contributed by atoms with E-state index in [1.54, 1.807) is 29.2 Å². The summed E-state index contributed by atoms with van der Waals surface area (Å²) >= 11 is 5.89. The molecule has 2 amide bonds. The molecule has 0 atom stereocenters. The van der Waals surface area contributed by atoms with Crippen LogP contribution < -0.4 is 10.2 Å². The highest BCUT2D eigenvalue weighted by molar-refractivity contribution is 6.30. The summed E-state index contributed by atoms with van der Waals surface area (Å²) in [5, 5.41) is 3.57. The molecule has 0 unspecified atom stereocenters. The first-order chi connectivity index (χ1) is 11.8. The molecule has 0 saturated carbocycles. The van der Waals surface area contributed by atoms with Gasteiger partial charge >= 0.3 is 0 Å². The molecule has 0 spiro atoms. The van der Waals surface area contributed by atoms with Gasteiger partial charge in [0, 0.05) is 36.3 Å². The molecule has 0 radical (unpaired) electrons. The van der Waals surface area contributed by atoms with Crippen molar-refractivity contribution in [3.05, 3.63) is 58.1 Å². The summed E-state index contributed by atoms with van der Waals surface area (Å²) in [5.74, 6) is -0.229. The Labute approximate surface area is 153 Å². The number of nitrogens with one attached hydrogen (secondary N) is 1. The number of hydrogen-bond acceptors (Lipinski definition) is 2. The first-order valence-electron chi connectivity index (χ1n) is 8.19. The van der Waals surface area contributed by atoms with Crippen LogP contribution in [0.25, 0.3) is 0 Å². The minimum absolute atomic E-state index is 0.113. The quantitative estimate of drug-likeness (QED) is 0.845. The molecule has 0 aliphatic heterocycles. The van der Waals surface area contributed by atoms with Crippen molar-refractivity contribution in [2.45, 2.75) is 34.1 Å². The topological polar surface area (TPSA) is 49.4 Å². The monoisotopic (exact) mass is 358 g/mol. The maximum Gasteiger partial charge on any atom is 0.226 e. The van der Waals surface area contributed by atoms with Crippen molar-refractivity contribution >= 4 is 34.8 Å². The van der Waals surface area contributed by atoms with Gasteiger partial charge in [0.15, 0.2) is 0 Å². The van der Waals surface area contributed by atoms with E-state index in [4.69, 9.17) is 11.6 Å². The zero-order chi connectivity index (χ0) is 18.6. The Morgan fingerprint density at radius 2 is 1.60 bits per heavy atom. The van der Waals surface area contributed by atoms with Gasteiger partial charge in [0.05, 0.1) is 0 Å². The van der Waals surface area contributed by atoms with E-state index >= 15 is 0 Å². The van der Waals surface area contributed by atoms with E-state index < -0.39 is 0 Å². The van der Waals surface area contributed by atoms with Crippen molar-refractivity contribution < 1.29 is 9.59 Å². The molecule has 2 rings (SSSR count). The lowest BCUT2D eigenvalue weighted by atomic mass is 10.0. The van der Waals surface area contributed by atoms with E-state index in [0.717, 1.165) is 22.5 Å². The van der Waals surface area contributed by atoms with Gasteiger partial charge in [-0.15, -0.1) is 0 Å². The Morgan fingerprint density at radius 1 is 1.04 bits per heavy atom. The predicted molar refractivity (Wildman–Crippen MR) is 103 cm³/mol. The SMILES string of the molecule is CC(=O)N(CCC(=O)Nc1c(C)cc(C)cc1C)c1ccc(Cl)cc1. The third-order valence-electron chi connectivity index (χ3n) is 4.02. The fourth-order valence-corrected chi connectivity index (χ4v) is 3.01. The van der Waals surface area contributed by atoms with Crippen LogP contribution in [0.2, 0.25) is 5.02 Å². The van der Waals surface area contributed by atoms with Crippen molar-refractivity contribution in [1.82, 2.24) is 0 Å². The minimum atomic E-state index is -0.115. The standard InChI is InChI=1S/C20H23ClN2O2/c1-13-11-14(2)20(15(3)12-13)22-19(25)9-10-23(16(4)24)18-7-5-17(21)6-8-18/h5-8,11-12H,9-10H2,1-4H3,(H,22,25). The van der Waals surface area contributed by atoms with Crippen molar-refractivity contribution in [3.8, 4) is 0 Å². The van der Waals surface area contributed by atoms with E-state index in [0.29, 0.717) is 11.6 Å². The van der Waals surface area contributed by atoms with E-state index in [2.05, 4.69) is 5.32 Å². The predicted octanol–water partition coefficient (Wildman–Crippen LogP) is 4.65. The lowest BCUT2D eigenvalue weighted by Gasteiger charge is -2.21. The number of carbonyl (C=O) groups excluding carboxylic acids is 2. The van der Waals surface area contributed by atoms with Gasteiger partial charge in [-0.2, -0.15) is 0 Å². The number of rotatable bonds is 5. The summed E-state index contributed by atoms with van der Waals surface area (Å²) in [7, 11) is 0. The molecule has 0 aromatic heterocycles. The van der Waals surface area contributed by atoms with Gasteiger partial charge in [0.25, 0.3) is 0 Å². The average Bonchev–Trinajstić information content (AvgIpc) is 2.52. The highest BCUT2D eigenvalue weighted by atomic mass is 35.5. The van der Waals surface area contributed by atoms with Crippen molar-refractivity contribution in [1.29, 1.82) is 0 Å². The Hall–Kier alpha value is -2.33. The summed E-state index contributed by atoms with van der Waals surface area (Å²) in [6.07, 6.45) is 0.217. The minimum Gasteiger partial charge on any atom is -0.326 e. The maximum atomic E-state index is 12.3. The molecule has 4 nitrogen and oxygen atoms in total. The second kappa shape index (κ2) is 8.17. The zero-order valence-corrected chi connectivity index (χ0v) is 15.8. The third kappa shape index (κ3) is 5.07. The summed E-state index contributed by atoms with van der Waals surface area (Å²) in [6, 6.07) is 11.1. The van der Waals surface area contributed by atoms with Crippen LogP contribution in [0.4, 0.5) is 11.4 Å². The molecule has 5 heteroatoms. The Bertz CT molecular complexity index is 762. The molecular formula is C20H23ClN2O2. The summed E-state index contributed by atoms with van der Waals surface area (Å²) in [4.78, 5) is 25.8. The van der Waals surface area contributed by atoms with Gasteiger partial charge in [-0.1, -0.05) is 29.3 Å². The van der Waals surface area contributed by atoms with Crippen LogP contribution in [0, 0.1) is 20.8 Å². The van der Waals surface area contributed by atoms with Gasteiger partial charge in [0.1, 0.15) is 0 Å². The van der Waals surface area contributed by atoms with Gasteiger partial charge < -0.3 is 10.2 Å². The van der Waals surface area contributed by atoms with Crippen LogP contribution in [-0.4, -0.2) is 18.4 Å². The van der Waals surface area contributed by atoms with Gasteiger partial charge in [-0.25, -0.2) is 0 Å². The van der Waals surface area contributed by atoms with E-state index in [1.165, 1.54) is 12.5 Å². The second-order valence-electron chi connectivity index (χ2n) is 6.22. The number of benzene rings is 2. The van der Waals surface area contributed by atoms with Crippen LogP contribution in [-0.2, 0) is 9.59 Å². The van der Waals surface area contributed by atoms with Crippen LogP contribution in [0.15, 0.2) is 36.4 Å². The highest BCUT2D eigenvalue weighted by Crippen LogP contribution is 2.22. The molecule has 0 bridgehead atoms. The fraction of sp³-hybridized carbons (Fsp3) is 0.300. The van der Waals surface area contributed by atoms with Crippen molar-refractivity contribution in [2.75, 3.05) is 16.8 Å². The van der Waals surface area contributed by atoms with E-state index in [-0.39, 0.29) is 18.2 Å². The fourth-order valence-electron chi connectivity index (χ4n) is 2.88. The molecule has 132 valence electrons. The van der Waals surface area contributed by atoms with Crippen LogP contribution in [0.1, 0.15) is 30.0 Å². The first-order valence-corrected chi connectivity index (χ1v) is 8.57. The van der Waals surface area contributed by atoms with Crippen molar-refractivity contribution in [3.63, 3.8) is 0 Å². The number of anilines is 2. The second-order valence-corrected chi connectivity index (χ2v) is 6.66. The molecule has 0 heterocycles. The number of carbonyl (C=O) groups is 2. The van der Waals surface area contributed by atoms with E-state index in [1.807, 2.05) is 32.9 Å². The number of hydrogen-bond donors (Lipinski definition) is 1. The number of amides is 2. The molecule has 0 aliphatic rings. The Kier molecular flexibility index (Phi) is 6.21. The molecule has 2 aromatic rings. The first kappa shape index (κ1) is 19.0. The molecular weight excluding hydrogens is 336 g/mol. The Balaban J connectivity index is 2.05. The lowest BCUT2D eigenvalue weighted by Crippen LogP contribution is -2.32. The highest BCUT2D eigenvalue weighted by Gasteiger charge is 2.14. The van der Waals surface area contributed by atoms with Crippen molar-refractivity contribution in [2.24, 2.45) is 0 Å².